The Morgan fingerprint density at radius 2 is 2.27 bits per heavy atom. The van der Waals surface area contributed by atoms with Gasteiger partial charge in [-0.2, -0.15) is 0 Å². The summed E-state index contributed by atoms with van der Waals surface area (Å²) in [6, 6.07) is 3.62. The smallest absolute Gasteiger partial charge is 0.198 e. The Bertz CT molecular complexity index is 220. The lowest BCUT2D eigenvalue weighted by Crippen LogP contribution is -2.01. The topological polar surface area (TPSA) is 42.4 Å². The predicted molar refractivity (Wildman–Crippen MR) is 40.9 cm³/mol. The third-order valence-electron chi connectivity index (χ3n) is 1.41. The van der Waals surface area contributed by atoms with Gasteiger partial charge in [-0.3, -0.25) is 4.98 Å². The molecule has 0 fully saturated rings. The van der Waals surface area contributed by atoms with Gasteiger partial charge < -0.3 is 9.84 Å². The van der Waals surface area contributed by atoms with Gasteiger partial charge in [-0.05, 0) is 18.6 Å². The maximum atomic E-state index is 9.14. The van der Waals surface area contributed by atoms with Crippen molar-refractivity contribution < 1.29 is 9.84 Å². The number of pyridine rings is 1. The van der Waals surface area contributed by atoms with Gasteiger partial charge in [-0.15, -0.1) is 0 Å². The number of aryl methyl sites for hydroxylation is 1. The van der Waals surface area contributed by atoms with Crippen LogP contribution >= 0.6 is 0 Å². The lowest BCUT2D eigenvalue weighted by atomic mass is 10.3. The SMILES string of the molecule is COC(O)c1ccc(C)cn1. The molecule has 0 amide bonds. The minimum atomic E-state index is -0.907. The summed E-state index contributed by atoms with van der Waals surface area (Å²) in [5.41, 5.74) is 1.61. The van der Waals surface area contributed by atoms with E-state index >= 15 is 0 Å². The average Bonchev–Trinajstić information content (AvgIpc) is 2.05. The fourth-order valence-corrected chi connectivity index (χ4v) is 0.746. The molecule has 3 nitrogen and oxygen atoms in total. The molecule has 0 radical (unpaired) electrons. The van der Waals surface area contributed by atoms with Crippen LogP contribution in [0.3, 0.4) is 0 Å². The molecule has 0 bridgehead atoms. The number of aromatic nitrogens is 1. The van der Waals surface area contributed by atoms with Crippen LogP contribution in [0.15, 0.2) is 18.3 Å². The van der Waals surface area contributed by atoms with E-state index in [-0.39, 0.29) is 0 Å². The maximum absolute atomic E-state index is 9.14. The molecule has 3 heteroatoms. The first-order valence-electron chi connectivity index (χ1n) is 3.37. The largest absolute Gasteiger partial charge is 0.363 e. The third kappa shape index (κ3) is 2.00. The van der Waals surface area contributed by atoms with Crippen molar-refractivity contribution in [2.75, 3.05) is 7.11 Å². The van der Waals surface area contributed by atoms with Crippen molar-refractivity contribution in [1.82, 2.24) is 4.98 Å². The van der Waals surface area contributed by atoms with Crippen LogP contribution in [-0.4, -0.2) is 17.2 Å². The number of aliphatic hydroxyl groups excluding tert-OH is 1. The van der Waals surface area contributed by atoms with Gasteiger partial charge in [0.15, 0.2) is 6.29 Å². The van der Waals surface area contributed by atoms with E-state index in [0.717, 1.165) is 5.56 Å². The molecule has 1 unspecified atom stereocenters. The van der Waals surface area contributed by atoms with Crippen molar-refractivity contribution in [3.63, 3.8) is 0 Å². The molecule has 0 spiro atoms. The maximum Gasteiger partial charge on any atom is 0.198 e. The minimum Gasteiger partial charge on any atom is -0.363 e. The van der Waals surface area contributed by atoms with Crippen LogP contribution < -0.4 is 0 Å². The summed E-state index contributed by atoms with van der Waals surface area (Å²) in [6.07, 6.45) is 0.785. The zero-order valence-corrected chi connectivity index (χ0v) is 6.61. The Hall–Kier alpha value is -0.930. The van der Waals surface area contributed by atoms with Gasteiger partial charge in [0, 0.05) is 13.3 Å². The Morgan fingerprint density at radius 1 is 1.55 bits per heavy atom. The molecule has 60 valence electrons. The molecule has 0 aromatic carbocycles. The zero-order chi connectivity index (χ0) is 8.27. The lowest BCUT2D eigenvalue weighted by molar-refractivity contribution is -0.0798. The fourth-order valence-electron chi connectivity index (χ4n) is 0.746. The summed E-state index contributed by atoms with van der Waals surface area (Å²) >= 11 is 0. The van der Waals surface area contributed by atoms with Crippen LogP contribution in [0.5, 0.6) is 0 Å². The van der Waals surface area contributed by atoms with Gasteiger partial charge in [0.2, 0.25) is 0 Å². The van der Waals surface area contributed by atoms with Crippen LogP contribution in [0.4, 0.5) is 0 Å². The summed E-state index contributed by atoms with van der Waals surface area (Å²) < 4.78 is 4.67. The molecule has 1 aromatic heterocycles. The Balaban J connectivity index is 2.81. The van der Waals surface area contributed by atoms with Crippen molar-refractivity contribution in [3.8, 4) is 0 Å². The first-order valence-corrected chi connectivity index (χ1v) is 3.37. The average molecular weight is 153 g/mol. The fraction of sp³-hybridized carbons (Fsp3) is 0.375. The quantitative estimate of drug-likeness (QED) is 0.645. The van der Waals surface area contributed by atoms with Crippen molar-refractivity contribution in [3.05, 3.63) is 29.6 Å². The molecule has 0 saturated carbocycles. The Morgan fingerprint density at radius 3 is 2.73 bits per heavy atom. The predicted octanol–water partition coefficient (Wildman–Crippen LogP) is 1.03. The van der Waals surface area contributed by atoms with E-state index in [2.05, 4.69) is 9.72 Å². The standard InChI is InChI=1S/C8H11NO2/c1-6-3-4-7(9-5-6)8(10)11-2/h3-5,8,10H,1-2H3. The molecule has 1 rings (SSSR count). The molecule has 1 aromatic rings. The monoisotopic (exact) mass is 153 g/mol. The summed E-state index contributed by atoms with van der Waals surface area (Å²) in [4.78, 5) is 3.97. The summed E-state index contributed by atoms with van der Waals surface area (Å²) in [5.74, 6) is 0. The van der Waals surface area contributed by atoms with Gasteiger partial charge in [0.25, 0.3) is 0 Å². The number of nitrogens with zero attached hydrogens (tertiary/aromatic N) is 1. The molecule has 1 heterocycles. The van der Waals surface area contributed by atoms with Crippen molar-refractivity contribution >= 4 is 0 Å². The van der Waals surface area contributed by atoms with Gasteiger partial charge in [-0.1, -0.05) is 6.07 Å². The lowest BCUT2D eigenvalue weighted by Gasteiger charge is -2.06. The number of rotatable bonds is 2. The van der Waals surface area contributed by atoms with Crippen molar-refractivity contribution in [2.45, 2.75) is 13.2 Å². The van der Waals surface area contributed by atoms with Crippen molar-refractivity contribution in [2.24, 2.45) is 0 Å². The van der Waals surface area contributed by atoms with E-state index < -0.39 is 6.29 Å². The van der Waals surface area contributed by atoms with Crippen LogP contribution in [0.2, 0.25) is 0 Å². The highest BCUT2D eigenvalue weighted by Crippen LogP contribution is 2.09. The zero-order valence-electron chi connectivity index (χ0n) is 6.61. The van der Waals surface area contributed by atoms with E-state index in [9.17, 15) is 0 Å². The van der Waals surface area contributed by atoms with Crippen LogP contribution in [0.1, 0.15) is 17.5 Å². The Labute approximate surface area is 65.7 Å². The highest BCUT2D eigenvalue weighted by Gasteiger charge is 2.04. The van der Waals surface area contributed by atoms with Crippen molar-refractivity contribution in [1.29, 1.82) is 0 Å². The highest BCUT2D eigenvalue weighted by atomic mass is 16.6. The first kappa shape index (κ1) is 8.17. The molecular formula is C8H11NO2. The van der Waals surface area contributed by atoms with Gasteiger partial charge >= 0.3 is 0 Å². The molecule has 11 heavy (non-hydrogen) atoms. The number of hydrogen-bond donors (Lipinski definition) is 1. The number of methoxy groups -OCH3 is 1. The third-order valence-corrected chi connectivity index (χ3v) is 1.41. The van der Waals surface area contributed by atoms with Gasteiger partial charge in [-0.25, -0.2) is 0 Å². The highest BCUT2D eigenvalue weighted by molar-refractivity contribution is 5.12. The second-order valence-electron chi connectivity index (χ2n) is 2.35. The molecule has 0 aliphatic heterocycles. The molecule has 0 saturated heterocycles. The minimum absolute atomic E-state index is 0.540. The Kier molecular flexibility index (Phi) is 2.57. The molecule has 1 N–H and O–H groups in total. The van der Waals surface area contributed by atoms with Crippen LogP contribution in [0.25, 0.3) is 0 Å². The summed E-state index contributed by atoms with van der Waals surface area (Å²) in [6.45, 7) is 1.94. The second kappa shape index (κ2) is 3.46. The second-order valence-corrected chi connectivity index (χ2v) is 2.35. The number of hydrogen-bond acceptors (Lipinski definition) is 3. The van der Waals surface area contributed by atoms with Crippen LogP contribution in [0, 0.1) is 6.92 Å². The number of aliphatic hydroxyl groups is 1. The van der Waals surface area contributed by atoms with E-state index in [0.29, 0.717) is 5.69 Å². The van der Waals surface area contributed by atoms with Gasteiger partial charge in [0.1, 0.15) is 0 Å². The van der Waals surface area contributed by atoms with E-state index in [4.69, 9.17) is 5.11 Å². The van der Waals surface area contributed by atoms with Gasteiger partial charge in [0.05, 0.1) is 5.69 Å². The molecule has 1 atom stereocenters. The first-order chi connectivity index (χ1) is 5.24. The molecule has 0 aliphatic carbocycles. The molecule has 0 aliphatic rings. The van der Waals surface area contributed by atoms with E-state index in [1.165, 1.54) is 7.11 Å². The number of ether oxygens (including phenoxy) is 1. The summed E-state index contributed by atoms with van der Waals surface area (Å²) in [5, 5.41) is 9.14. The van der Waals surface area contributed by atoms with E-state index in [1.807, 2.05) is 13.0 Å². The summed E-state index contributed by atoms with van der Waals surface area (Å²) in [7, 11) is 1.44. The molecular weight excluding hydrogens is 142 g/mol. The normalized spacial score (nSPS) is 13.0. The van der Waals surface area contributed by atoms with E-state index in [1.54, 1.807) is 12.3 Å². The van der Waals surface area contributed by atoms with Crippen LogP contribution in [-0.2, 0) is 4.74 Å².